The van der Waals surface area contributed by atoms with Gasteiger partial charge in [-0.05, 0) is 51.1 Å². The van der Waals surface area contributed by atoms with Crippen LogP contribution in [-0.2, 0) is 6.42 Å². The summed E-state index contributed by atoms with van der Waals surface area (Å²) in [6.45, 7) is 2.73. The Kier molecular flexibility index (Phi) is 5.12. The number of nitrogens with one attached hydrogen (secondary N) is 1. The van der Waals surface area contributed by atoms with E-state index in [-0.39, 0.29) is 18.3 Å². The van der Waals surface area contributed by atoms with Crippen LogP contribution in [0, 0.1) is 0 Å². The van der Waals surface area contributed by atoms with Crippen molar-refractivity contribution in [2.24, 2.45) is 0 Å². The lowest BCUT2D eigenvalue weighted by Crippen LogP contribution is -2.35. The monoisotopic (exact) mass is 309 g/mol. The summed E-state index contributed by atoms with van der Waals surface area (Å²) < 4.78 is 0. The molecule has 1 N–H and O–H groups in total. The van der Waals surface area contributed by atoms with Gasteiger partial charge in [0.25, 0.3) is 5.91 Å². The van der Waals surface area contributed by atoms with Gasteiger partial charge in [-0.2, -0.15) is 0 Å². The molecule has 3 rings (SSSR count). The number of anilines is 1. The fraction of sp³-hybridized carbons (Fsp3) is 0.562. The number of carbonyl (C=O) groups is 1. The SMILES string of the molecule is CN(C)C1CCN(C(=O)c2cccc3c2CCCN3)C1.Cl. The molecule has 0 aliphatic carbocycles. The van der Waals surface area contributed by atoms with E-state index in [4.69, 9.17) is 0 Å². The minimum absolute atomic E-state index is 0. The Hall–Kier alpha value is -1.26. The lowest BCUT2D eigenvalue weighted by atomic mass is 9.97. The largest absolute Gasteiger partial charge is 0.385 e. The summed E-state index contributed by atoms with van der Waals surface area (Å²) >= 11 is 0. The molecule has 1 fully saturated rings. The van der Waals surface area contributed by atoms with E-state index in [9.17, 15) is 4.79 Å². The minimum Gasteiger partial charge on any atom is -0.385 e. The van der Waals surface area contributed by atoms with Gasteiger partial charge < -0.3 is 15.1 Å². The van der Waals surface area contributed by atoms with E-state index in [0.717, 1.165) is 50.1 Å². The third-order valence-electron chi connectivity index (χ3n) is 4.51. The highest BCUT2D eigenvalue weighted by molar-refractivity contribution is 5.97. The molecule has 2 aliphatic heterocycles. The van der Waals surface area contributed by atoms with Gasteiger partial charge in [-0.25, -0.2) is 0 Å². The molecule has 1 aromatic rings. The Morgan fingerprint density at radius 2 is 2.19 bits per heavy atom. The minimum atomic E-state index is 0. The Labute approximate surface area is 132 Å². The van der Waals surface area contributed by atoms with Gasteiger partial charge in [0.05, 0.1) is 0 Å². The number of hydrogen-bond acceptors (Lipinski definition) is 3. The first-order valence-electron chi connectivity index (χ1n) is 7.48. The van der Waals surface area contributed by atoms with Crippen LogP contribution in [0.3, 0.4) is 0 Å². The Bertz CT molecular complexity index is 518. The maximum atomic E-state index is 12.8. The fourth-order valence-electron chi connectivity index (χ4n) is 3.23. The molecule has 0 saturated carbocycles. The first kappa shape index (κ1) is 16.1. The van der Waals surface area contributed by atoms with Gasteiger partial charge in [-0.3, -0.25) is 4.79 Å². The van der Waals surface area contributed by atoms with E-state index in [1.165, 1.54) is 5.56 Å². The predicted molar refractivity (Wildman–Crippen MR) is 88.5 cm³/mol. The number of benzene rings is 1. The first-order chi connectivity index (χ1) is 9.66. The zero-order valence-corrected chi connectivity index (χ0v) is 13.6. The van der Waals surface area contributed by atoms with Crippen molar-refractivity contribution >= 4 is 24.0 Å². The number of likely N-dealkylation sites (N-methyl/N-ethyl adjacent to an activating group) is 1. The molecule has 5 heteroatoms. The van der Waals surface area contributed by atoms with E-state index in [0.29, 0.717) is 6.04 Å². The second-order valence-electron chi connectivity index (χ2n) is 6.02. The Morgan fingerprint density at radius 3 is 2.90 bits per heavy atom. The molecule has 1 atom stereocenters. The van der Waals surface area contributed by atoms with Crippen LogP contribution in [0.1, 0.15) is 28.8 Å². The third kappa shape index (κ3) is 3.16. The van der Waals surface area contributed by atoms with Gasteiger partial charge in [0.15, 0.2) is 0 Å². The van der Waals surface area contributed by atoms with Gasteiger partial charge in [-0.1, -0.05) is 6.07 Å². The number of nitrogens with zero attached hydrogens (tertiary/aromatic N) is 2. The van der Waals surface area contributed by atoms with Crippen LogP contribution in [0.15, 0.2) is 18.2 Å². The smallest absolute Gasteiger partial charge is 0.254 e. The van der Waals surface area contributed by atoms with Gasteiger partial charge >= 0.3 is 0 Å². The quantitative estimate of drug-likeness (QED) is 0.910. The van der Waals surface area contributed by atoms with Crippen LogP contribution in [-0.4, -0.2) is 55.5 Å². The molecule has 0 bridgehead atoms. The lowest BCUT2D eigenvalue weighted by molar-refractivity contribution is 0.0782. The summed E-state index contributed by atoms with van der Waals surface area (Å²) in [6.07, 6.45) is 3.19. The second kappa shape index (κ2) is 6.67. The highest BCUT2D eigenvalue weighted by Crippen LogP contribution is 2.27. The summed E-state index contributed by atoms with van der Waals surface area (Å²) in [5.74, 6) is 0.204. The van der Waals surface area contributed by atoms with Crippen LogP contribution in [0.5, 0.6) is 0 Å². The third-order valence-corrected chi connectivity index (χ3v) is 4.51. The zero-order chi connectivity index (χ0) is 14.1. The number of fused-ring (bicyclic) bond motifs is 1. The zero-order valence-electron chi connectivity index (χ0n) is 12.8. The number of carbonyl (C=O) groups excluding carboxylic acids is 1. The molecular weight excluding hydrogens is 286 g/mol. The summed E-state index contributed by atoms with van der Waals surface area (Å²) in [7, 11) is 4.18. The summed E-state index contributed by atoms with van der Waals surface area (Å²) in [6, 6.07) is 6.55. The number of hydrogen-bond donors (Lipinski definition) is 1. The van der Waals surface area contributed by atoms with Gasteiger partial charge in [-0.15, -0.1) is 12.4 Å². The van der Waals surface area contributed by atoms with Crippen molar-refractivity contribution in [3.05, 3.63) is 29.3 Å². The summed E-state index contributed by atoms with van der Waals surface area (Å²) in [4.78, 5) is 17.0. The number of halogens is 1. The van der Waals surface area contributed by atoms with Crippen molar-refractivity contribution in [1.82, 2.24) is 9.80 Å². The number of rotatable bonds is 2. The molecule has 0 spiro atoms. The van der Waals surface area contributed by atoms with Crippen LogP contribution in [0.4, 0.5) is 5.69 Å². The summed E-state index contributed by atoms with van der Waals surface area (Å²) in [5.41, 5.74) is 3.25. The number of amides is 1. The molecule has 4 nitrogen and oxygen atoms in total. The molecule has 1 amide bonds. The normalized spacial score (nSPS) is 20.7. The van der Waals surface area contributed by atoms with E-state index >= 15 is 0 Å². The molecule has 116 valence electrons. The molecular formula is C16H24ClN3O. The van der Waals surface area contributed by atoms with E-state index in [2.05, 4.69) is 30.4 Å². The average molecular weight is 310 g/mol. The highest BCUT2D eigenvalue weighted by atomic mass is 35.5. The molecule has 2 heterocycles. The van der Waals surface area contributed by atoms with Crippen molar-refractivity contribution in [2.75, 3.05) is 39.0 Å². The summed E-state index contributed by atoms with van der Waals surface area (Å²) in [5, 5.41) is 3.40. The van der Waals surface area contributed by atoms with Crippen molar-refractivity contribution in [2.45, 2.75) is 25.3 Å². The van der Waals surface area contributed by atoms with Crippen molar-refractivity contribution in [3.8, 4) is 0 Å². The van der Waals surface area contributed by atoms with Crippen LogP contribution < -0.4 is 5.32 Å². The van der Waals surface area contributed by atoms with Crippen LogP contribution in [0.25, 0.3) is 0 Å². The molecule has 1 saturated heterocycles. The van der Waals surface area contributed by atoms with E-state index < -0.39 is 0 Å². The topological polar surface area (TPSA) is 35.6 Å². The molecule has 1 aromatic carbocycles. The Balaban J connectivity index is 0.00000161. The van der Waals surface area contributed by atoms with E-state index in [1.807, 2.05) is 17.0 Å². The van der Waals surface area contributed by atoms with Gasteiger partial charge in [0.1, 0.15) is 0 Å². The Morgan fingerprint density at radius 1 is 1.38 bits per heavy atom. The highest BCUT2D eigenvalue weighted by Gasteiger charge is 2.29. The maximum Gasteiger partial charge on any atom is 0.254 e. The van der Waals surface area contributed by atoms with Gasteiger partial charge in [0.2, 0.25) is 0 Å². The maximum absolute atomic E-state index is 12.8. The molecule has 21 heavy (non-hydrogen) atoms. The predicted octanol–water partition coefficient (Wildman–Crippen LogP) is 2.24. The van der Waals surface area contributed by atoms with Crippen molar-refractivity contribution in [3.63, 3.8) is 0 Å². The van der Waals surface area contributed by atoms with Crippen molar-refractivity contribution in [1.29, 1.82) is 0 Å². The molecule has 0 radical (unpaired) electrons. The molecule has 1 unspecified atom stereocenters. The number of likely N-dealkylation sites (tertiary alicyclic amines) is 1. The first-order valence-corrected chi connectivity index (χ1v) is 7.48. The molecule has 0 aromatic heterocycles. The lowest BCUT2D eigenvalue weighted by Gasteiger charge is -2.24. The van der Waals surface area contributed by atoms with E-state index in [1.54, 1.807) is 0 Å². The van der Waals surface area contributed by atoms with Crippen LogP contribution >= 0.6 is 12.4 Å². The second-order valence-corrected chi connectivity index (χ2v) is 6.02. The van der Waals surface area contributed by atoms with Gasteiger partial charge in [0, 0.05) is 36.9 Å². The average Bonchev–Trinajstić information content (AvgIpc) is 2.96. The van der Waals surface area contributed by atoms with Crippen molar-refractivity contribution < 1.29 is 4.79 Å². The fourth-order valence-corrected chi connectivity index (χ4v) is 3.23. The van der Waals surface area contributed by atoms with Crippen LogP contribution in [0.2, 0.25) is 0 Å². The molecule has 2 aliphatic rings. The standard InChI is InChI=1S/C16H23N3O.ClH/c1-18(2)12-8-10-19(11-12)16(20)14-5-3-7-15-13(14)6-4-9-17-15;/h3,5,7,12,17H,4,6,8-11H2,1-2H3;1H.